The number of nitrogens with zero attached hydrogens (tertiary/aromatic N) is 1. The van der Waals surface area contributed by atoms with E-state index in [-0.39, 0.29) is 10.6 Å². The lowest BCUT2D eigenvalue weighted by Gasteiger charge is -2.40. The molecule has 0 heterocycles. The lowest BCUT2D eigenvalue weighted by atomic mass is 9.70. The molecule has 0 saturated heterocycles. The number of non-ortho nitro benzene ring substituents is 1. The summed E-state index contributed by atoms with van der Waals surface area (Å²) in [7, 11) is 0. The number of nitro groups is 1. The van der Waals surface area contributed by atoms with Crippen LogP contribution in [0.25, 0.3) is 0 Å². The van der Waals surface area contributed by atoms with Crippen molar-refractivity contribution < 1.29 is 4.92 Å². The number of hydrogen-bond acceptors (Lipinski definition) is 3. The largest absolute Gasteiger partial charge is 0.382 e. The Balaban J connectivity index is 1.99. The number of hydrogen-bond donors (Lipinski definition) is 1. The molecule has 0 amide bonds. The number of nitrogens with one attached hydrogen (secondary N) is 1. The van der Waals surface area contributed by atoms with E-state index in [0.29, 0.717) is 17.4 Å². The second kappa shape index (κ2) is 5.19. The highest BCUT2D eigenvalue weighted by atomic mass is 16.6. The topological polar surface area (TPSA) is 55.2 Å². The van der Waals surface area contributed by atoms with Gasteiger partial charge >= 0.3 is 0 Å². The fourth-order valence-electron chi connectivity index (χ4n) is 3.05. The van der Waals surface area contributed by atoms with E-state index < -0.39 is 0 Å². The summed E-state index contributed by atoms with van der Waals surface area (Å²) in [5, 5.41) is 14.1. The summed E-state index contributed by atoms with van der Waals surface area (Å²) < 4.78 is 0. The number of benzene rings is 1. The van der Waals surface area contributed by atoms with Crippen LogP contribution in [0.1, 0.15) is 40.0 Å². The van der Waals surface area contributed by atoms with Crippen LogP contribution in [0.5, 0.6) is 0 Å². The Morgan fingerprint density at radius 1 is 1.32 bits per heavy atom. The summed E-state index contributed by atoms with van der Waals surface area (Å²) in [6.45, 7) is 6.93. The van der Waals surface area contributed by atoms with Crippen molar-refractivity contribution in [2.45, 2.75) is 46.1 Å². The van der Waals surface area contributed by atoms with Gasteiger partial charge in [0.15, 0.2) is 0 Å². The average molecular weight is 262 g/mol. The van der Waals surface area contributed by atoms with Gasteiger partial charge in [-0.2, -0.15) is 0 Å². The van der Waals surface area contributed by atoms with Crippen LogP contribution in [0.4, 0.5) is 11.4 Å². The molecule has 0 radical (unpaired) electrons. The highest BCUT2D eigenvalue weighted by Crippen LogP contribution is 2.39. The zero-order valence-electron chi connectivity index (χ0n) is 11.8. The number of anilines is 1. The summed E-state index contributed by atoms with van der Waals surface area (Å²) in [6, 6.07) is 7.17. The zero-order chi connectivity index (χ0) is 14.0. The fourth-order valence-corrected chi connectivity index (χ4v) is 3.05. The third-order valence-electron chi connectivity index (χ3n) is 4.12. The van der Waals surface area contributed by atoms with Gasteiger partial charge in [-0.05, 0) is 42.7 Å². The van der Waals surface area contributed by atoms with Crippen LogP contribution < -0.4 is 5.32 Å². The van der Waals surface area contributed by atoms with E-state index in [4.69, 9.17) is 0 Å². The molecule has 1 aliphatic rings. The average Bonchev–Trinajstić information content (AvgIpc) is 2.33. The first-order chi connectivity index (χ1) is 8.87. The van der Waals surface area contributed by atoms with Crippen LogP contribution in [-0.2, 0) is 0 Å². The molecule has 1 aliphatic carbocycles. The van der Waals surface area contributed by atoms with Gasteiger partial charge < -0.3 is 5.32 Å². The van der Waals surface area contributed by atoms with Crippen LogP contribution in [0.15, 0.2) is 24.3 Å². The summed E-state index contributed by atoms with van der Waals surface area (Å²) >= 11 is 0. The van der Waals surface area contributed by atoms with Crippen molar-refractivity contribution in [1.82, 2.24) is 0 Å². The standard InChI is InChI=1S/C15H22N2O2/c1-11-10-15(2,3)9-8-14(11)16-12-4-6-13(7-5-12)17(18)19/h4-7,11,14,16H,8-10H2,1-3H3. The second-order valence-corrected chi connectivity index (χ2v) is 6.44. The minimum Gasteiger partial charge on any atom is -0.382 e. The van der Waals surface area contributed by atoms with Crippen LogP contribution in [0.3, 0.4) is 0 Å². The Kier molecular flexibility index (Phi) is 3.78. The fraction of sp³-hybridized carbons (Fsp3) is 0.600. The van der Waals surface area contributed by atoms with Gasteiger partial charge in [-0.15, -0.1) is 0 Å². The molecule has 1 aromatic carbocycles. The minimum absolute atomic E-state index is 0.142. The predicted octanol–water partition coefficient (Wildman–Crippen LogP) is 4.22. The van der Waals surface area contributed by atoms with E-state index in [1.807, 2.05) is 0 Å². The maximum absolute atomic E-state index is 10.6. The Morgan fingerprint density at radius 2 is 1.95 bits per heavy atom. The van der Waals surface area contributed by atoms with Gasteiger partial charge in [-0.25, -0.2) is 0 Å². The Morgan fingerprint density at radius 3 is 2.47 bits per heavy atom. The molecule has 1 aromatic rings. The predicted molar refractivity (Wildman–Crippen MR) is 77.3 cm³/mol. The monoisotopic (exact) mass is 262 g/mol. The first-order valence-corrected chi connectivity index (χ1v) is 6.88. The van der Waals surface area contributed by atoms with Gasteiger partial charge in [0.25, 0.3) is 5.69 Å². The molecular weight excluding hydrogens is 240 g/mol. The molecule has 0 spiro atoms. The molecule has 2 unspecified atom stereocenters. The Hall–Kier alpha value is -1.58. The normalized spacial score (nSPS) is 25.8. The minimum atomic E-state index is -0.366. The SMILES string of the molecule is CC1CC(C)(C)CCC1Nc1ccc([N+](=O)[O-])cc1. The summed E-state index contributed by atoms with van der Waals surface area (Å²) in [5.41, 5.74) is 1.55. The van der Waals surface area contributed by atoms with Gasteiger partial charge in [-0.1, -0.05) is 20.8 Å². The van der Waals surface area contributed by atoms with Crippen LogP contribution in [0.2, 0.25) is 0 Å². The van der Waals surface area contributed by atoms with E-state index in [0.717, 1.165) is 12.1 Å². The molecule has 0 aliphatic heterocycles. The molecule has 104 valence electrons. The summed E-state index contributed by atoms with van der Waals surface area (Å²) in [4.78, 5) is 10.2. The van der Waals surface area contributed by atoms with Gasteiger partial charge in [0.1, 0.15) is 0 Å². The van der Waals surface area contributed by atoms with Gasteiger partial charge in [0.05, 0.1) is 4.92 Å². The molecule has 1 fully saturated rings. The van der Waals surface area contributed by atoms with Gasteiger partial charge in [0, 0.05) is 23.9 Å². The molecule has 4 nitrogen and oxygen atoms in total. The molecule has 1 N–H and O–H groups in total. The van der Waals surface area contributed by atoms with E-state index in [9.17, 15) is 10.1 Å². The van der Waals surface area contributed by atoms with E-state index in [1.54, 1.807) is 24.3 Å². The van der Waals surface area contributed by atoms with E-state index in [1.165, 1.54) is 12.8 Å². The van der Waals surface area contributed by atoms with Crippen molar-refractivity contribution in [3.8, 4) is 0 Å². The number of rotatable bonds is 3. The van der Waals surface area contributed by atoms with Crippen LogP contribution >= 0.6 is 0 Å². The van der Waals surface area contributed by atoms with Crippen LogP contribution in [-0.4, -0.2) is 11.0 Å². The highest BCUT2D eigenvalue weighted by Gasteiger charge is 2.32. The Bertz CT molecular complexity index is 454. The molecular formula is C15H22N2O2. The van der Waals surface area contributed by atoms with Crippen molar-refractivity contribution in [1.29, 1.82) is 0 Å². The van der Waals surface area contributed by atoms with Crippen molar-refractivity contribution in [2.24, 2.45) is 11.3 Å². The molecule has 19 heavy (non-hydrogen) atoms. The maximum atomic E-state index is 10.6. The smallest absolute Gasteiger partial charge is 0.269 e. The third-order valence-corrected chi connectivity index (χ3v) is 4.12. The Labute approximate surface area is 114 Å². The highest BCUT2D eigenvalue weighted by molar-refractivity contribution is 5.49. The van der Waals surface area contributed by atoms with Gasteiger partial charge in [0.2, 0.25) is 0 Å². The molecule has 2 rings (SSSR count). The van der Waals surface area contributed by atoms with Crippen LogP contribution in [0, 0.1) is 21.4 Å². The van der Waals surface area contributed by atoms with Crippen molar-refractivity contribution in [2.75, 3.05) is 5.32 Å². The second-order valence-electron chi connectivity index (χ2n) is 6.44. The summed E-state index contributed by atoms with van der Waals surface area (Å²) in [6.07, 6.45) is 3.60. The zero-order valence-corrected chi connectivity index (χ0v) is 11.8. The number of nitro benzene ring substituents is 1. The maximum Gasteiger partial charge on any atom is 0.269 e. The lowest BCUT2D eigenvalue weighted by molar-refractivity contribution is -0.384. The first kappa shape index (κ1) is 13.8. The molecule has 1 saturated carbocycles. The van der Waals surface area contributed by atoms with Crippen molar-refractivity contribution in [3.05, 3.63) is 34.4 Å². The van der Waals surface area contributed by atoms with E-state index >= 15 is 0 Å². The lowest BCUT2D eigenvalue weighted by Crippen LogP contribution is -2.36. The van der Waals surface area contributed by atoms with Crippen molar-refractivity contribution >= 4 is 11.4 Å². The third kappa shape index (κ3) is 3.46. The summed E-state index contributed by atoms with van der Waals surface area (Å²) in [5.74, 6) is 0.624. The van der Waals surface area contributed by atoms with Gasteiger partial charge in [-0.3, -0.25) is 10.1 Å². The quantitative estimate of drug-likeness (QED) is 0.655. The van der Waals surface area contributed by atoms with Crippen molar-refractivity contribution in [3.63, 3.8) is 0 Å². The first-order valence-electron chi connectivity index (χ1n) is 6.88. The molecule has 2 atom stereocenters. The van der Waals surface area contributed by atoms with E-state index in [2.05, 4.69) is 26.1 Å². The molecule has 4 heteroatoms. The molecule has 0 aromatic heterocycles. The molecule has 0 bridgehead atoms.